The van der Waals surface area contributed by atoms with E-state index in [1.165, 1.54) is 10.5 Å². The van der Waals surface area contributed by atoms with Crippen LogP contribution in [-0.2, 0) is 11.2 Å². The van der Waals surface area contributed by atoms with Crippen molar-refractivity contribution in [2.75, 3.05) is 18.6 Å². The Bertz CT molecular complexity index is 1040. The van der Waals surface area contributed by atoms with Crippen molar-refractivity contribution in [2.45, 2.75) is 19.4 Å². The molecule has 0 saturated carbocycles. The Labute approximate surface area is 168 Å². The zero-order valence-electron chi connectivity index (χ0n) is 16.3. The second-order valence-corrected chi connectivity index (χ2v) is 7.14. The van der Waals surface area contributed by atoms with E-state index >= 15 is 0 Å². The molecule has 1 aliphatic rings. The monoisotopic (exact) mass is 390 g/mol. The van der Waals surface area contributed by atoms with Crippen LogP contribution >= 0.6 is 0 Å². The van der Waals surface area contributed by atoms with Crippen LogP contribution in [0.5, 0.6) is 5.75 Å². The fraction of sp³-hybridized carbons (Fsp3) is 0.227. The molecule has 2 heterocycles. The fourth-order valence-corrected chi connectivity index (χ4v) is 3.28. The van der Waals surface area contributed by atoms with E-state index in [0.29, 0.717) is 17.9 Å². The number of carbonyl (C=O) groups is 2. The smallest absolute Gasteiger partial charge is 0.272 e. The van der Waals surface area contributed by atoms with Crippen LogP contribution in [-0.4, -0.2) is 41.7 Å². The number of ether oxygens (including phenoxy) is 1. The molecule has 7 nitrogen and oxygen atoms in total. The molecule has 2 amide bonds. The Morgan fingerprint density at radius 3 is 2.79 bits per heavy atom. The molecule has 148 valence electrons. The van der Waals surface area contributed by atoms with Crippen molar-refractivity contribution >= 4 is 17.5 Å². The summed E-state index contributed by atoms with van der Waals surface area (Å²) in [5.41, 5.74) is 4.06. The molecule has 0 radical (unpaired) electrons. The van der Waals surface area contributed by atoms with Gasteiger partial charge in [0.05, 0.1) is 5.69 Å². The van der Waals surface area contributed by atoms with E-state index in [1.807, 2.05) is 49.4 Å². The molecule has 0 saturated heterocycles. The van der Waals surface area contributed by atoms with E-state index < -0.39 is 11.9 Å². The van der Waals surface area contributed by atoms with Gasteiger partial charge < -0.3 is 15.0 Å². The normalized spacial score (nSPS) is 16.0. The van der Waals surface area contributed by atoms with E-state index in [9.17, 15) is 9.59 Å². The van der Waals surface area contributed by atoms with E-state index in [4.69, 9.17) is 4.74 Å². The summed E-state index contributed by atoms with van der Waals surface area (Å²) in [7, 11) is 1.67. The van der Waals surface area contributed by atoms with E-state index in [0.717, 1.165) is 11.3 Å². The van der Waals surface area contributed by atoms with Gasteiger partial charge in [0.2, 0.25) is 0 Å². The molecule has 1 aromatic heterocycles. The Hall–Kier alpha value is -3.61. The van der Waals surface area contributed by atoms with Crippen LogP contribution < -0.4 is 15.0 Å². The number of nitrogens with zero attached hydrogens (tertiary/aromatic N) is 2. The molecular formula is C22H22N4O3. The number of aromatic amines is 1. The van der Waals surface area contributed by atoms with Crippen molar-refractivity contribution in [1.29, 1.82) is 0 Å². The number of nitrogens with one attached hydrogen (secondary N) is 2. The average molecular weight is 390 g/mol. The highest BCUT2D eigenvalue weighted by atomic mass is 16.5. The lowest BCUT2D eigenvalue weighted by molar-refractivity contribution is -0.120. The summed E-state index contributed by atoms with van der Waals surface area (Å²) >= 11 is 0. The summed E-state index contributed by atoms with van der Waals surface area (Å²) in [4.78, 5) is 26.9. The largest absolute Gasteiger partial charge is 0.489 e. The van der Waals surface area contributed by atoms with Gasteiger partial charge in [0, 0.05) is 19.2 Å². The molecule has 0 spiro atoms. The van der Waals surface area contributed by atoms with Crippen molar-refractivity contribution in [1.82, 2.24) is 15.5 Å². The molecule has 0 aliphatic carbocycles. The van der Waals surface area contributed by atoms with Gasteiger partial charge in [-0.15, -0.1) is 0 Å². The van der Waals surface area contributed by atoms with Crippen molar-refractivity contribution in [3.8, 4) is 5.75 Å². The van der Waals surface area contributed by atoms with Crippen LogP contribution in [0.2, 0.25) is 0 Å². The zero-order chi connectivity index (χ0) is 20.4. The number of carbonyl (C=O) groups excluding carboxylic acids is 2. The van der Waals surface area contributed by atoms with Crippen molar-refractivity contribution in [3.63, 3.8) is 0 Å². The maximum Gasteiger partial charge on any atom is 0.272 e. The lowest BCUT2D eigenvalue weighted by atomic mass is 10.1. The third kappa shape index (κ3) is 3.99. The average Bonchev–Trinajstić information content (AvgIpc) is 3.16. The Balaban J connectivity index is 1.44. The number of H-pyrrole nitrogens is 1. The van der Waals surface area contributed by atoms with Crippen LogP contribution in [0.4, 0.5) is 5.69 Å². The van der Waals surface area contributed by atoms with Crippen LogP contribution in [0.1, 0.15) is 27.3 Å². The van der Waals surface area contributed by atoms with Crippen LogP contribution in [0.25, 0.3) is 0 Å². The van der Waals surface area contributed by atoms with E-state index in [-0.39, 0.29) is 18.2 Å². The third-order valence-corrected chi connectivity index (χ3v) is 4.94. The summed E-state index contributed by atoms with van der Waals surface area (Å²) in [5, 5.41) is 9.73. The predicted molar refractivity (Wildman–Crippen MR) is 109 cm³/mol. The molecule has 0 fully saturated rings. The maximum atomic E-state index is 12.8. The summed E-state index contributed by atoms with van der Waals surface area (Å²) in [6.07, 6.45) is 0.643. The van der Waals surface area contributed by atoms with Gasteiger partial charge in [0.25, 0.3) is 11.8 Å². The molecule has 0 unspecified atom stereocenters. The number of aromatic nitrogens is 2. The topological polar surface area (TPSA) is 87.3 Å². The second kappa shape index (κ2) is 7.79. The molecule has 0 bridgehead atoms. The van der Waals surface area contributed by atoms with Gasteiger partial charge >= 0.3 is 0 Å². The summed E-state index contributed by atoms with van der Waals surface area (Å²) in [5.74, 6) is -0.0447. The lowest BCUT2D eigenvalue weighted by Crippen LogP contribution is -2.49. The molecule has 1 atom stereocenters. The highest BCUT2D eigenvalue weighted by Gasteiger charge is 2.31. The van der Waals surface area contributed by atoms with E-state index in [2.05, 4.69) is 15.5 Å². The van der Waals surface area contributed by atoms with Gasteiger partial charge in [-0.25, -0.2) is 0 Å². The SMILES string of the molecule is Cc1ccc(Cc2cc(C(=O)N[C@@H]3COc4ccccc4N(C)C3=O)n[nH]2)cc1. The van der Waals surface area contributed by atoms with Crippen LogP contribution in [0, 0.1) is 6.92 Å². The van der Waals surface area contributed by atoms with Crippen LogP contribution in [0.3, 0.4) is 0 Å². The van der Waals surface area contributed by atoms with Gasteiger partial charge in [0.15, 0.2) is 0 Å². The van der Waals surface area contributed by atoms with Gasteiger partial charge in [-0.05, 0) is 30.7 Å². The first-order chi connectivity index (χ1) is 14.0. The number of hydrogen-bond acceptors (Lipinski definition) is 4. The quantitative estimate of drug-likeness (QED) is 0.716. The van der Waals surface area contributed by atoms with E-state index in [1.54, 1.807) is 19.2 Å². The Morgan fingerprint density at radius 2 is 2.00 bits per heavy atom. The van der Waals surface area contributed by atoms with Gasteiger partial charge in [0.1, 0.15) is 24.1 Å². The summed E-state index contributed by atoms with van der Waals surface area (Å²) < 4.78 is 5.73. The highest BCUT2D eigenvalue weighted by molar-refractivity contribution is 6.02. The van der Waals surface area contributed by atoms with Crippen molar-refractivity contribution in [2.24, 2.45) is 0 Å². The number of hydrogen-bond donors (Lipinski definition) is 2. The lowest BCUT2D eigenvalue weighted by Gasteiger charge is -2.19. The zero-order valence-corrected chi connectivity index (χ0v) is 16.3. The van der Waals surface area contributed by atoms with Gasteiger partial charge in [-0.3, -0.25) is 14.7 Å². The van der Waals surface area contributed by atoms with Gasteiger partial charge in [-0.1, -0.05) is 42.0 Å². The summed E-state index contributed by atoms with van der Waals surface area (Å²) in [6, 6.07) is 16.4. The van der Waals surface area contributed by atoms with Crippen molar-refractivity contribution in [3.05, 3.63) is 77.1 Å². The molecule has 29 heavy (non-hydrogen) atoms. The van der Waals surface area contributed by atoms with Gasteiger partial charge in [-0.2, -0.15) is 5.10 Å². The number of benzene rings is 2. The molecule has 2 aromatic carbocycles. The van der Waals surface area contributed by atoms with Crippen molar-refractivity contribution < 1.29 is 14.3 Å². The third-order valence-electron chi connectivity index (χ3n) is 4.94. The number of para-hydroxylation sites is 2. The predicted octanol–water partition coefficient (Wildman–Crippen LogP) is 2.46. The highest BCUT2D eigenvalue weighted by Crippen LogP contribution is 2.29. The number of likely N-dealkylation sites (N-methyl/N-ethyl adjacent to an activating group) is 1. The number of anilines is 1. The minimum Gasteiger partial charge on any atom is -0.489 e. The summed E-state index contributed by atoms with van der Waals surface area (Å²) in [6.45, 7) is 2.10. The standard InChI is InChI=1S/C22H22N4O3/c1-14-7-9-15(10-8-14)11-16-12-17(25-24-16)21(27)23-18-13-29-20-6-4-3-5-19(20)26(2)22(18)28/h3-10,12,18H,11,13H2,1-2H3,(H,23,27)(H,24,25)/t18-/m1/s1. The molecule has 7 heteroatoms. The first-order valence-corrected chi connectivity index (χ1v) is 9.41. The molecule has 4 rings (SSSR count). The number of rotatable bonds is 4. The molecule has 2 N–H and O–H groups in total. The number of fused-ring (bicyclic) bond motifs is 1. The minimum absolute atomic E-state index is 0.0621. The Morgan fingerprint density at radius 1 is 1.24 bits per heavy atom. The fourth-order valence-electron chi connectivity index (χ4n) is 3.28. The second-order valence-electron chi connectivity index (χ2n) is 7.14. The number of amides is 2. The van der Waals surface area contributed by atoms with Crippen LogP contribution in [0.15, 0.2) is 54.6 Å². The first kappa shape index (κ1) is 18.7. The first-order valence-electron chi connectivity index (χ1n) is 9.41. The number of aryl methyl sites for hydroxylation is 1. The molecule has 1 aliphatic heterocycles. The maximum absolute atomic E-state index is 12.8. The molecule has 3 aromatic rings. The minimum atomic E-state index is -0.794. The molecular weight excluding hydrogens is 368 g/mol. The Kier molecular flexibility index (Phi) is 5.03.